The minimum absolute atomic E-state index is 0.164. The molecule has 33 heavy (non-hydrogen) atoms. The molecule has 3 aliphatic rings. The molecule has 8 nitrogen and oxygen atoms in total. The normalized spacial score (nSPS) is 23.5. The predicted molar refractivity (Wildman–Crippen MR) is 126 cm³/mol. The van der Waals surface area contributed by atoms with Crippen molar-refractivity contribution in [2.24, 2.45) is 13.0 Å². The van der Waals surface area contributed by atoms with Crippen molar-refractivity contribution in [1.82, 2.24) is 13.8 Å². The summed E-state index contributed by atoms with van der Waals surface area (Å²) in [6.07, 6.45) is 5.71. The minimum atomic E-state index is -3.56. The van der Waals surface area contributed by atoms with Crippen LogP contribution in [0.25, 0.3) is 10.9 Å². The number of nitrogens with zero attached hydrogens (tertiary/aromatic N) is 3. The molecule has 1 N–H and O–H groups in total. The van der Waals surface area contributed by atoms with E-state index in [2.05, 4.69) is 0 Å². The third-order valence-corrected chi connectivity index (χ3v) is 9.43. The topological polar surface area (TPSA) is 92.1 Å². The number of carbonyl (C=O) groups is 1. The third-order valence-electron chi connectivity index (χ3n) is 8.19. The SMILES string of the molecule is COc1ccc2c3c(n(C)c2c1)[C@@H](CO)N(S(C)(=O)=O)CC31CCN(C(=O)C2CCC2)CC1. The third kappa shape index (κ3) is 3.47. The Morgan fingerprint density at radius 1 is 1.24 bits per heavy atom. The van der Waals surface area contributed by atoms with Crippen molar-refractivity contribution in [3.8, 4) is 5.75 Å². The van der Waals surface area contributed by atoms with Gasteiger partial charge in [0.15, 0.2) is 0 Å². The highest BCUT2D eigenvalue weighted by atomic mass is 32.2. The van der Waals surface area contributed by atoms with E-state index in [1.807, 2.05) is 34.7 Å². The Morgan fingerprint density at radius 2 is 1.94 bits per heavy atom. The van der Waals surface area contributed by atoms with E-state index in [0.29, 0.717) is 32.5 Å². The van der Waals surface area contributed by atoms with Crippen LogP contribution in [-0.2, 0) is 27.3 Å². The number of aromatic nitrogens is 1. The molecule has 2 aliphatic heterocycles. The highest BCUT2D eigenvalue weighted by molar-refractivity contribution is 7.88. The maximum Gasteiger partial charge on any atom is 0.225 e. The lowest BCUT2D eigenvalue weighted by molar-refractivity contribution is -0.140. The number of ether oxygens (including phenoxy) is 1. The van der Waals surface area contributed by atoms with Crippen molar-refractivity contribution < 1.29 is 23.1 Å². The Labute approximate surface area is 195 Å². The van der Waals surface area contributed by atoms with Gasteiger partial charge in [0.1, 0.15) is 5.75 Å². The van der Waals surface area contributed by atoms with Crippen LogP contribution in [-0.4, -0.2) is 72.8 Å². The lowest BCUT2D eigenvalue weighted by Gasteiger charge is -2.50. The van der Waals surface area contributed by atoms with Crippen molar-refractivity contribution in [1.29, 1.82) is 0 Å². The molecule has 0 bridgehead atoms. The van der Waals surface area contributed by atoms with Crippen molar-refractivity contribution >= 4 is 26.8 Å². The molecule has 3 heterocycles. The first kappa shape index (κ1) is 22.7. The highest BCUT2D eigenvalue weighted by Gasteiger charge is 2.51. The van der Waals surface area contributed by atoms with Crippen molar-refractivity contribution in [2.75, 3.05) is 39.6 Å². The standard InChI is InChI=1S/C24H33N3O5S/c1-25-19-13-17(32-2)7-8-18(19)21-22(25)20(14-28)27(33(3,30)31)15-24(21)9-11-26(12-10-24)23(29)16-5-4-6-16/h7-8,13,16,20,28H,4-6,9-12,14-15H2,1-3H3/t20-/m1/s1. The fraction of sp³-hybridized carbons (Fsp3) is 0.625. The number of aliphatic hydroxyl groups excluding tert-OH is 1. The summed E-state index contributed by atoms with van der Waals surface area (Å²) in [5.74, 6) is 1.15. The Bertz CT molecular complexity index is 1190. The minimum Gasteiger partial charge on any atom is -0.497 e. The van der Waals surface area contributed by atoms with Gasteiger partial charge in [-0.2, -0.15) is 4.31 Å². The molecule has 2 aromatic rings. The monoisotopic (exact) mass is 475 g/mol. The van der Waals surface area contributed by atoms with Crippen LogP contribution in [0.4, 0.5) is 0 Å². The summed E-state index contributed by atoms with van der Waals surface area (Å²) in [6.45, 7) is 1.29. The molecular weight excluding hydrogens is 442 g/mol. The summed E-state index contributed by atoms with van der Waals surface area (Å²) in [5, 5.41) is 11.4. The smallest absolute Gasteiger partial charge is 0.225 e. The number of likely N-dealkylation sites (tertiary alicyclic amines) is 1. The largest absolute Gasteiger partial charge is 0.497 e. The summed E-state index contributed by atoms with van der Waals surface area (Å²) in [6, 6.07) is 5.31. The summed E-state index contributed by atoms with van der Waals surface area (Å²) in [7, 11) is 0.000220. The molecule has 1 aliphatic carbocycles. The van der Waals surface area contributed by atoms with E-state index >= 15 is 0 Å². The van der Waals surface area contributed by atoms with Gasteiger partial charge >= 0.3 is 0 Å². The number of piperidine rings is 1. The first-order valence-corrected chi connectivity index (χ1v) is 13.6. The van der Waals surface area contributed by atoms with Gasteiger partial charge in [-0.25, -0.2) is 8.42 Å². The maximum absolute atomic E-state index is 12.9. The molecule has 1 aromatic carbocycles. The number of fused-ring (bicyclic) bond motifs is 4. The second-order valence-corrected chi connectivity index (χ2v) is 11.9. The van der Waals surface area contributed by atoms with Crippen LogP contribution in [0, 0.1) is 5.92 Å². The Morgan fingerprint density at radius 3 is 2.48 bits per heavy atom. The second kappa shape index (κ2) is 7.99. The van der Waals surface area contributed by atoms with Crippen LogP contribution < -0.4 is 4.74 Å². The molecule has 1 saturated carbocycles. The average Bonchev–Trinajstić information content (AvgIpc) is 3.05. The zero-order valence-corrected chi connectivity index (χ0v) is 20.4. The molecule has 1 saturated heterocycles. The summed E-state index contributed by atoms with van der Waals surface area (Å²) >= 11 is 0. The zero-order valence-electron chi connectivity index (χ0n) is 19.6. The van der Waals surface area contributed by atoms with Crippen LogP contribution in [0.1, 0.15) is 49.4 Å². The first-order chi connectivity index (χ1) is 15.7. The first-order valence-electron chi connectivity index (χ1n) is 11.7. The predicted octanol–water partition coefficient (Wildman–Crippen LogP) is 2.16. The number of aliphatic hydroxyl groups is 1. The second-order valence-electron chi connectivity index (χ2n) is 9.94. The molecule has 0 unspecified atom stereocenters. The van der Waals surface area contributed by atoms with Crippen LogP contribution >= 0.6 is 0 Å². The van der Waals surface area contributed by atoms with Gasteiger partial charge in [-0.1, -0.05) is 6.42 Å². The number of sulfonamides is 1. The van der Waals surface area contributed by atoms with Gasteiger partial charge in [0.25, 0.3) is 0 Å². The summed E-state index contributed by atoms with van der Waals surface area (Å²) < 4.78 is 34.6. The van der Waals surface area contributed by atoms with Gasteiger partial charge in [0, 0.05) is 55.2 Å². The number of aryl methyl sites for hydroxylation is 1. The lowest BCUT2D eigenvalue weighted by Crippen LogP contribution is -2.56. The number of carbonyl (C=O) groups excluding carboxylic acids is 1. The van der Waals surface area contributed by atoms with Crippen LogP contribution in [0.2, 0.25) is 0 Å². The number of hydrogen-bond donors (Lipinski definition) is 1. The van der Waals surface area contributed by atoms with E-state index in [1.54, 1.807) is 7.11 Å². The molecule has 2 fully saturated rings. The molecule has 1 aromatic heterocycles. The number of benzene rings is 1. The maximum atomic E-state index is 12.9. The molecule has 1 atom stereocenters. The van der Waals surface area contributed by atoms with Gasteiger partial charge in [-0.15, -0.1) is 0 Å². The zero-order chi connectivity index (χ0) is 23.5. The Kier molecular flexibility index (Phi) is 5.49. The Balaban J connectivity index is 1.63. The van der Waals surface area contributed by atoms with Crippen LogP contribution in [0.5, 0.6) is 5.75 Å². The van der Waals surface area contributed by atoms with Gasteiger partial charge < -0.3 is 19.3 Å². The fourth-order valence-corrected chi connectivity index (χ4v) is 7.25. The molecule has 1 amide bonds. The van der Waals surface area contributed by atoms with Gasteiger partial charge in [-0.3, -0.25) is 4.79 Å². The number of amides is 1. The summed E-state index contributed by atoms with van der Waals surface area (Å²) in [5.41, 5.74) is 2.52. The van der Waals surface area contributed by atoms with E-state index in [0.717, 1.165) is 47.2 Å². The van der Waals surface area contributed by atoms with E-state index in [4.69, 9.17) is 4.74 Å². The van der Waals surface area contributed by atoms with E-state index < -0.39 is 21.5 Å². The fourth-order valence-electron chi connectivity index (χ4n) is 6.14. The van der Waals surface area contributed by atoms with E-state index in [9.17, 15) is 18.3 Å². The molecule has 5 rings (SSSR count). The summed E-state index contributed by atoms with van der Waals surface area (Å²) in [4.78, 5) is 14.9. The average molecular weight is 476 g/mol. The highest BCUT2D eigenvalue weighted by Crippen LogP contribution is 2.50. The van der Waals surface area contributed by atoms with E-state index in [-0.39, 0.29) is 18.4 Å². The van der Waals surface area contributed by atoms with Gasteiger partial charge in [0.2, 0.25) is 15.9 Å². The van der Waals surface area contributed by atoms with Crippen LogP contribution in [0.15, 0.2) is 18.2 Å². The van der Waals surface area contributed by atoms with Crippen LogP contribution in [0.3, 0.4) is 0 Å². The van der Waals surface area contributed by atoms with Crippen molar-refractivity contribution in [3.05, 3.63) is 29.5 Å². The molecular formula is C24H33N3O5S. The number of hydrogen-bond acceptors (Lipinski definition) is 5. The molecule has 0 radical (unpaired) electrons. The number of rotatable bonds is 4. The number of methoxy groups -OCH3 is 1. The van der Waals surface area contributed by atoms with Crippen molar-refractivity contribution in [3.63, 3.8) is 0 Å². The van der Waals surface area contributed by atoms with E-state index in [1.165, 1.54) is 10.6 Å². The quantitative estimate of drug-likeness (QED) is 0.732. The van der Waals surface area contributed by atoms with Gasteiger partial charge in [0.05, 0.1) is 31.5 Å². The molecule has 9 heteroatoms. The lowest BCUT2D eigenvalue weighted by atomic mass is 9.68. The van der Waals surface area contributed by atoms with Gasteiger partial charge in [-0.05, 0) is 43.4 Å². The van der Waals surface area contributed by atoms with Crippen molar-refractivity contribution in [2.45, 2.75) is 43.6 Å². The Hall–Kier alpha value is -2.10. The molecule has 180 valence electrons. The molecule has 1 spiro atoms.